The van der Waals surface area contributed by atoms with Gasteiger partial charge < -0.3 is 10.6 Å². The molecule has 2 aromatic carbocycles. The van der Waals surface area contributed by atoms with Crippen molar-refractivity contribution in [1.82, 2.24) is 4.98 Å². The summed E-state index contributed by atoms with van der Waals surface area (Å²) in [7, 11) is 0. The van der Waals surface area contributed by atoms with E-state index in [9.17, 15) is 9.59 Å². The number of benzene rings is 2. The normalized spacial score (nSPS) is 10.3. The lowest BCUT2D eigenvalue weighted by atomic mass is 10.2. The zero-order valence-corrected chi connectivity index (χ0v) is 17.1. The molecule has 3 N–H and O–H groups in total. The molecule has 3 amide bonds. The van der Waals surface area contributed by atoms with Crippen LogP contribution in [0.5, 0.6) is 0 Å². The van der Waals surface area contributed by atoms with Crippen LogP contribution in [0.2, 0.25) is 0 Å². The maximum atomic E-state index is 12.4. The summed E-state index contributed by atoms with van der Waals surface area (Å²) in [5.74, 6) is -0.330. The van der Waals surface area contributed by atoms with E-state index < -0.39 is 6.03 Å². The van der Waals surface area contributed by atoms with Crippen LogP contribution in [0, 0.1) is 13.8 Å². The Morgan fingerprint density at radius 3 is 2.59 bits per heavy atom. The summed E-state index contributed by atoms with van der Waals surface area (Å²) >= 11 is 4.58. The fourth-order valence-corrected chi connectivity index (χ4v) is 3.53. The van der Waals surface area contributed by atoms with Gasteiger partial charge in [0.05, 0.1) is 0 Å². The number of nitrogens with one attached hydrogen (secondary N) is 3. The number of hydrogen-bond donors (Lipinski definition) is 3. The Morgan fingerprint density at radius 2 is 1.85 bits per heavy atom. The highest BCUT2D eigenvalue weighted by molar-refractivity contribution is 9.10. The number of hydrogen-bond acceptors (Lipinski definition) is 4. The van der Waals surface area contributed by atoms with Crippen LogP contribution in [0.4, 0.5) is 21.3 Å². The van der Waals surface area contributed by atoms with Gasteiger partial charge in [0.25, 0.3) is 5.91 Å². The van der Waals surface area contributed by atoms with Crippen LogP contribution in [0.15, 0.2) is 52.3 Å². The van der Waals surface area contributed by atoms with E-state index in [1.54, 1.807) is 11.4 Å². The van der Waals surface area contributed by atoms with Crippen molar-refractivity contribution in [3.05, 3.63) is 69.1 Å². The van der Waals surface area contributed by atoms with Gasteiger partial charge in [-0.3, -0.25) is 10.1 Å². The van der Waals surface area contributed by atoms with Crippen LogP contribution >= 0.6 is 27.3 Å². The first-order chi connectivity index (χ1) is 12.9. The van der Waals surface area contributed by atoms with Crippen molar-refractivity contribution in [3.8, 4) is 0 Å². The molecular formula is C19H17BrN4O2S. The largest absolute Gasteiger partial charge is 0.325 e. The summed E-state index contributed by atoms with van der Waals surface area (Å²) in [5, 5.41) is 10.1. The molecule has 0 aliphatic heterocycles. The van der Waals surface area contributed by atoms with Crippen molar-refractivity contribution in [3.63, 3.8) is 0 Å². The van der Waals surface area contributed by atoms with Gasteiger partial charge in [0, 0.05) is 21.2 Å². The number of anilines is 3. The third-order valence-corrected chi connectivity index (χ3v) is 4.92. The number of urea groups is 1. The monoisotopic (exact) mass is 444 g/mol. The predicted octanol–water partition coefficient (Wildman–Crippen LogP) is 5.42. The van der Waals surface area contributed by atoms with Crippen LogP contribution in [0.1, 0.15) is 21.6 Å². The van der Waals surface area contributed by atoms with E-state index in [0.29, 0.717) is 16.5 Å². The average Bonchev–Trinajstić information content (AvgIpc) is 3.05. The van der Waals surface area contributed by atoms with Gasteiger partial charge >= 0.3 is 6.03 Å². The maximum absolute atomic E-state index is 12.4. The molecular weight excluding hydrogens is 428 g/mol. The Hall–Kier alpha value is -2.71. The summed E-state index contributed by atoms with van der Waals surface area (Å²) in [5.41, 5.74) is 3.62. The minimum atomic E-state index is -0.411. The molecule has 138 valence electrons. The molecule has 1 heterocycles. The number of thiazole rings is 1. The van der Waals surface area contributed by atoms with Gasteiger partial charge in [-0.2, -0.15) is 0 Å². The van der Waals surface area contributed by atoms with Crippen molar-refractivity contribution in [2.45, 2.75) is 13.8 Å². The molecule has 0 spiro atoms. The van der Waals surface area contributed by atoms with E-state index >= 15 is 0 Å². The first-order valence-electron chi connectivity index (χ1n) is 8.08. The van der Waals surface area contributed by atoms with Crippen LogP contribution < -0.4 is 16.0 Å². The molecule has 0 fully saturated rings. The van der Waals surface area contributed by atoms with Gasteiger partial charge in [0.2, 0.25) is 0 Å². The number of carbonyl (C=O) groups is 2. The molecule has 0 radical (unpaired) electrons. The number of halogens is 1. The molecule has 27 heavy (non-hydrogen) atoms. The van der Waals surface area contributed by atoms with Gasteiger partial charge in [-0.25, -0.2) is 9.78 Å². The lowest BCUT2D eigenvalue weighted by molar-refractivity contribution is 0.102. The van der Waals surface area contributed by atoms with E-state index in [1.165, 1.54) is 11.3 Å². The van der Waals surface area contributed by atoms with Crippen LogP contribution in [-0.2, 0) is 0 Å². The zero-order chi connectivity index (χ0) is 19.4. The molecule has 0 saturated heterocycles. The number of aryl methyl sites for hydroxylation is 2. The van der Waals surface area contributed by atoms with Crippen LogP contribution in [-0.4, -0.2) is 16.9 Å². The molecule has 0 unspecified atom stereocenters. The van der Waals surface area contributed by atoms with Crippen molar-refractivity contribution in [1.29, 1.82) is 0 Å². The van der Waals surface area contributed by atoms with E-state index in [2.05, 4.69) is 36.9 Å². The molecule has 0 atom stereocenters. The summed E-state index contributed by atoms with van der Waals surface area (Å²) in [4.78, 5) is 28.6. The second kappa shape index (κ2) is 8.32. The van der Waals surface area contributed by atoms with Gasteiger partial charge in [0.15, 0.2) is 5.13 Å². The number of amides is 3. The fourth-order valence-electron chi connectivity index (χ4n) is 2.37. The average molecular weight is 445 g/mol. The van der Waals surface area contributed by atoms with Gasteiger partial charge in [0.1, 0.15) is 5.69 Å². The number of carbonyl (C=O) groups excluding carboxylic acids is 2. The molecule has 0 saturated carbocycles. The molecule has 3 aromatic rings. The molecule has 8 heteroatoms. The third kappa shape index (κ3) is 5.15. The topological polar surface area (TPSA) is 83.1 Å². The Balaban J connectivity index is 1.62. The minimum Gasteiger partial charge on any atom is -0.320 e. The number of rotatable bonds is 4. The number of nitrogens with zero attached hydrogens (tertiary/aromatic N) is 1. The fraction of sp³-hybridized carbons (Fsp3) is 0.105. The zero-order valence-electron chi connectivity index (χ0n) is 14.7. The molecule has 0 bridgehead atoms. The Morgan fingerprint density at radius 1 is 1.04 bits per heavy atom. The van der Waals surface area contributed by atoms with Gasteiger partial charge in [-0.05, 0) is 55.3 Å². The highest BCUT2D eigenvalue weighted by Gasteiger charge is 2.14. The first kappa shape index (κ1) is 19.1. The molecule has 3 rings (SSSR count). The minimum absolute atomic E-state index is 0.244. The first-order valence-corrected chi connectivity index (χ1v) is 9.75. The third-order valence-electron chi connectivity index (χ3n) is 3.67. The lowest BCUT2D eigenvalue weighted by Gasteiger charge is -2.07. The lowest BCUT2D eigenvalue weighted by Crippen LogP contribution is -2.19. The molecule has 0 aliphatic rings. The second-order valence-corrected chi connectivity index (χ2v) is 7.67. The van der Waals surface area contributed by atoms with Gasteiger partial charge in [-0.15, -0.1) is 11.3 Å². The summed E-state index contributed by atoms with van der Waals surface area (Å²) < 4.78 is 0.942. The van der Waals surface area contributed by atoms with Gasteiger partial charge in [-0.1, -0.05) is 28.1 Å². The maximum Gasteiger partial charge on any atom is 0.325 e. The predicted molar refractivity (Wildman–Crippen MR) is 113 cm³/mol. The van der Waals surface area contributed by atoms with E-state index in [-0.39, 0.29) is 11.6 Å². The molecule has 0 aliphatic carbocycles. The van der Waals surface area contributed by atoms with Crippen LogP contribution in [0.3, 0.4) is 0 Å². The highest BCUT2D eigenvalue weighted by atomic mass is 79.9. The van der Waals surface area contributed by atoms with E-state index in [4.69, 9.17) is 0 Å². The SMILES string of the molecule is Cc1cccc(NC(=O)Nc2nc(C(=O)Nc3ccc(Br)cc3C)cs2)c1. The smallest absolute Gasteiger partial charge is 0.320 e. The van der Waals surface area contributed by atoms with Crippen molar-refractivity contribution < 1.29 is 9.59 Å². The Labute approximate surface area is 169 Å². The molecule has 6 nitrogen and oxygen atoms in total. The van der Waals surface area contributed by atoms with E-state index in [0.717, 1.165) is 15.6 Å². The summed E-state index contributed by atoms with van der Waals surface area (Å²) in [6.45, 7) is 3.85. The second-order valence-electron chi connectivity index (χ2n) is 5.90. The van der Waals surface area contributed by atoms with Crippen LogP contribution in [0.25, 0.3) is 0 Å². The Kier molecular flexibility index (Phi) is 5.88. The van der Waals surface area contributed by atoms with Crippen molar-refractivity contribution in [2.24, 2.45) is 0 Å². The van der Waals surface area contributed by atoms with Crippen molar-refractivity contribution >= 4 is 55.7 Å². The highest BCUT2D eigenvalue weighted by Crippen LogP contribution is 2.22. The standard InChI is InChI=1S/C19H17BrN4O2S/c1-11-4-3-5-14(8-11)21-18(26)24-19-23-16(10-27-19)17(25)22-15-7-6-13(20)9-12(15)2/h3-10H,1-2H3,(H,22,25)(H2,21,23,24,26). The summed E-state index contributed by atoms with van der Waals surface area (Å²) in [6.07, 6.45) is 0. The number of aromatic nitrogens is 1. The Bertz CT molecular complexity index is 1000. The van der Waals surface area contributed by atoms with Crippen molar-refractivity contribution in [2.75, 3.05) is 16.0 Å². The van der Waals surface area contributed by atoms with E-state index in [1.807, 2.05) is 50.2 Å². The molecule has 1 aromatic heterocycles. The quantitative estimate of drug-likeness (QED) is 0.502. The summed E-state index contributed by atoms with van der Waals surface area (Å²) in [6, 6.07) is 12.6.